The molecule has 0 aromatic heterocycles. The van der Waals surface area contributed by atoms with Crippen molar-refractivity contribution in [1.82, 2.24) is 20.0 Å². The number of imide groups is 1. The number of hydrogen-bond acceptors (Lipinski definition) is 7. The second-order valence-electron chi connectivity index (χ2n) is 11.1. The fourth-order valence-corrected chi connectivity index (χ4v) is 7.59. The Bertz CT molecular complexity index is 1160. The van der Waals surface area contributed by atoms with Gasteiger partial charge in [-0.15, -0.1) is 0 Å². The van der Waals surface area contributed by atoms with Gasteiger partial charge in [0.25, 0.3) is 5.91 Å². The second-order valence-corrected chi connectivity index (χ2v) is 13.4. The maximum absolute atomic E-state index is 13.9. The van der Waals surface area contributed by atoms with E-state index in [1.54, 1.807) is 0 Å². The van der Waals surface area contributed by atoms with E-state index in [4.69, 9.17) is 0 Å². The van der Waals surface area contributed by atoms with E-state index in [1.807, 2.05) is 25.2 Å². The van der Waals surface area contributed by atoms with Crippen LogP contribution >= 0.6 is 0 Å². The lowest BCUT2D eigenvalue weighted by Gasteiger charge is -2.49. The van der Waals surface area contributed by atoms with Gasteiger partial charge in [-0.25, -0.2) is 13.2 Å². The van der Waals surface area contributed by atoms with Crippen molar-refractivity contribution in [3.05, 3.63) is 35.9 Å². The molecule has 0 unspecified atom stereocenters. The molecule has 2 N–H and O–H groups in total. The third-order valence-electron chi connectivity index (χ3n) is 9.08. The van der Waals surface area contributed by atoms with Crippen LogP contribution in [0.4, 0.5) is 4.79 Å². The molecule has 2 heterocycles. The first-order valence-corrected chi connectivity index (χ1v) is 14.9. The van der Waals surface area contributed by atoms with Crippen LogP contribution in [0, 0.1) is 0 Å². The molecule has 11 heteroatoms. The number of carbonyl (C=O) groups is 3. The van der Waals surface area contributed by atoms with Crippen molar-refractivity contribution in [3.63, 3.8) is 0 Å². The molecule has 1 aromatic rings. The molecule has 0 radical (unpaired) electrons. The quantitative estimate of drug-likeness (QED) is 0.520. The molecule has 10 nitrogen and oxygen atoms in total. The maximum Gasteiger partial charge on any atom is 0.328 e. The first kappa shape index (κ1) is 26.1. The van der Waals surface area contributed by atoms with Crippen molar-refractivity contribution in [3.8, 4) is 0 Å². The number of hydrogen-bond donors (Lipinski definition) is 2. The van der Waals surface area contributed by atoms with Crippen molar-refractivity contribution < 1.29 is 27.9 Å². The molecule has 1 spiro atoms. The Hall–Kier alpha value is -2.50. The number of urea groups is 1. The molecule has 4 amide bonds. The van der Waals surface area contributed by atoms with Crippen LogP contribution in [-0.4, -0.2) is 102 Å². The molecule has 2 aliphatic heterocycles. The average molecular weight is 533 g/mol. The van der Waals surface area contributed by atoms with Crippen molar-refractivity contribution in [2.75, 3.05) is 44.7 Å². The highest BCUT2D eigenvalue weighted by molar-refractivity contribution is 7.91. The van der Waals surface area contributed by atoms with Crippen LogP contribution in [0.5, 0.6) is 0 Å². The van der Waals surface area contributed by atoms with Crippen LogP contribution in [0.15, 0.2) is 30.3 Å². The third-order valence-corrected chi connectivity index (χ3v) is 10.7. The zero-order valence-electron chi connectivity index (χ0n) is 21.3. The first-order valence-electron chi connectivity index (χ1n) is 13.1. The van der Waals surface area contributed by atoms with E-state index < -0.39 is 45.4 Å². The van der Waals surface area contributed by atoms with Gasteiger partial charge in [-0.3, -0.25) is 14.5 Å². The van der Waals surface area contributed by atoms with Gasteiger partial charge in [0.1, 0.15) is 12.1 Å². The Kier molecular flexibility index (Phi) is 6.60. The minimum Gasteiger partial charge on any atom is -0.388 e. The van der Waals surface area contributed by atoms with Crippen molar-refractivity contribution in [2.24, 2.45) is 0 Å². The summed E-state index contributed by atoms with van der Waals surface area (Å²) in [6.45, 7) is -0.214. The number of nitrogens with zero attached hydrogens (tertiary/aromatic N) is 3. The normalized spacial score (nSPS) is 31.0. The number of benzene rings is 1. The van der Waals surface area contributed by atoms with Crippen LogP contribution in [0.25, 0.3) is 0 Å². The number of rotatable bonds is 6. The summed E-state index contributed by atoms with van der Waals surface area (Å²) in [5.41, 5.74) is -1.33. The number of carbonyl (C=O) groups excluding carboxylic acids is 3. The summed E-state index contributed by atoms with van der Waals surface area (Å²) in [5, 5.41) is 14.4. The predicted octanol–water partition coefficient (Wildman–Crippen LogP) is 0.850. The van der Waals surface area contributed by atoms with E-state index in [1.165, 1.54) is 9.80 Å². The minimum atomic E-state index is -3.17. The van der Waals surface area contributed by atoms with Gasteiger partial charge in [0.2, 0.25) is 5.91 Å². The summed E-state index contributed by atoms with van der Waals surface area (Å²) in [7, 11) is -1.26. The lowest BCUT2D eigenvalue weighted by atomic mass is 9.68. The Morgan fingerprint density at radius 1 is 1.00 bits per heavy atom. The first-order chi connectivity index (χ1) is 17.5. The smallest absolute Gasteiger partial charge is 0.328 e. The van der Waals surface area contributed by atoms with E-state index in [9.17, 15) is 27.9 Å². The van der Waals surface area contributed by atoms with Crippen molar-refractivity contribution in [2.45, 2.75) is 61.6 Å². The molecule has 0 atom stereocenters. The fraction of sp³-hybridized carbons (Fsp3) is 0.654. The largest absolute Gasteiger partial charge is 0.388 e. The second kappa shape index (κ2) is 9.36. The van der Waals surface area contributed by atoms with Crippen LogP contribution in [0.2, 0.25) is 0 Å². The summed E-state index contributed by atoms with van der Waals surface area (Å²) in [5.74, 6) is -1.05. The molecule has 4 aliphatic rings. The molecular weight excluding hydrogens is 496 g/mol. The SMILES string of the molecule is CN[C@]1(c2ccccc2)CC[C@]2(CC1)C(=O)N(CC(=O)N1CCS(=O)(=O)CC1)C(=O)N2CC1(O)CCC1. The standard InChI is InChI=1S/C26H36N4O6S/c1-27-25(20-6-3-2-4-7-20)10-12-26(13-11-25)22(32)29(23(33)30(26)19-24(34)8-5-9-24)18-21(31)28-14-16-37(35,36)17-15-28/h2-4,6-7,27,34H,5,8-19H2,1H3/t25-,26+. The van der Waals surface area contributed by atoms with Gasteiger partial charge in [0.15, 0.2) is 9.84 Å². The number of amides is 4. The van der Waals surface area contributed by atoms with E-state index >= 15 is 0 Å². The molecule has 2 saturated heterocycles. The average Bonchev–Trinajstić information content (AvgIpc) is 3.05. The summed E-state index contributed by atoms with van der Waals surface area (Å²) >= 11 is 0. The summed E-state index contributed by atoms with van der Waals surface area (Å²) in [6, 6.07) is 9.52. The highest BCUT2D eigenvalue weighted by atomic mass is 32.2. The van der Waals surface area contributed by atoms with Gasteiger partial charge in [0, 0.05) is 18.6 Å². The molecule has 202 valence electrons. The van der Waals surface area contributed by atoms with Crippen LogP contribution < -0.4 is 5.32 Å². The highest BCUT2D eigenvalue weighted by Crippen LogP contribution is 2.48. The van der Waals surface area contributed by atoms with E-state index in [2.05, 4.69) is 17.4 Å². The Balaban J connectivity index is 1.39. The third kappa shape index (κ3) is 4.55. The lowest BCUT2D eigenvalue weighted by molar-refractivity contribution is -0.142. The van der Waals surface area contributed by atoms with Gasteiger partial charge in [-0.2, -0.15) is 0 Å². The Labute approximate surface area is 217 Å². The van der Waals surface area contributed by atoms with Gasteiger partial charge in [0.05, 0.1) is 23.7 Å². The van der Waals surface area contributed by atoms with Gasteiger partial charge >= 0.3 is 6.03 Å². The van der Waals surface area contributed by atoms with E-state index in [0.29, 0.717) is 38.5 Å². The number of β-amino-alcohol motifs (C(OH)–C–C–N with tert-alkyl or cyclic N) is 1. The Morgan fingerprint density at radius 3 is 2.16 bits per heavy atom. The molecule has 5 rings (SSSR count). The van der Waals surface area contributed by atoms with E-state index in [-0.39, 0.29) is 36.7 Å². The molecule has 2 aliphatic carbocycles. The molecule has 2 saturated carbocycles. The maximum atomic E-state index is 13.9. The molecule has 1 aromatic carbocycles. The van der Waals surface area contributed by atoms with Gasteiger partial charge in [-0.05, 0) is 57.6 Å². The monoisotopic (exact) mass is 532 g/mol. The highest BCUT2D eigenvalue weighted by Gasteiger charge is 2.61. The van der Waals surface area contributed by atoms with Crippen LogP contribution in [0.3, 0.4) is 0 Å². The van der Waals surface area contributed by atoms with Gasteiger partial charge < -0.3 is 20.2 Å². The summed E-state index contributed by atoms with van der Waals surface area (Å²) < 4.78 is 23.5. The van der Waals surface area contributed by atoms with Crippen LogP contribution in [0.1, 0.15) is 50.5 Å². The molecule has 37 heavy (non-hydrogen) atoms. The number of nitrogens with one attached hydrogen (secondary N) is 1. The topological polar surface area (TPSA) is 127 Å². The minimum absolute atomic E-state index is 0.0633. The van der Waals surface area contributed by atoms with Crippen molar-refractivity contribution in [1.29, 1.82) is 0 Å². The molecule has 4 fully saturated rings. The van der Waals surface area contributed by atoms with Gasteiger partial charge in [-0.1, -0.05) is 30.3 Å². The fourth-order valence-electron chi connectivity index (χ4n) is 6.39. The van der Waals surface area contributed by atoms with Crippen LogP contribution in [-0.2, 0) is 25.0 Å². The molecule has 0 bridgehead atoms. The zero-order chi connectivity index (χ0) is 26.5. The summed E-state index contributed by atoms with van der Waals surface area (Å²) in [6.07, 6.45) is 4.09. The molecular formula is C26H36N4O6S. The zero-order valence-corrected chi connectivity index (χ0v) is 22.1. The number of aliphatic hydroxyl groups is 1. The summed E-state index contributed by atoms with van der Waals surface area (Å²) in [4.78, 5) is 44.6. The number of sulfone groups is 1. The predicted molar refractivity (Wildman–Crippen MR) is 136 cm³/mol. The van der Waals surface area contributed by atoms with E-state index in [0.717, 1.165) is 16.9 Å². The Morgan fingerprint density at radius 2 is 1.62 bits per heavy atom. The lowest BCUT2D eigenvalue weighted by Crippen LogP contribution is -2.60. The van der Waals surface area contributed by atoms with Crippen molar-refractivity contribution >= 4 is 27.7 Å².